The largest absolute Gasteiger partial charge is 0.330 e. The Kier molecular flexibility index (Phi) is 4.80. The topological polar surface area (TPSA) is 84.5 Å². The van der Waals surface area contributed by atoms with E-state index in [0.29, 0.717) is 13.0 Å². The van der Waals surface area contributed by atoms with E-state index in [1.54, 1.807) is 0 Å². The monoisotopic (exact) mass is 189 g/mol. The Morgan fingerprint density at radius 2 is 1.54 bits per heavy atom. The molecule has 0 aliphatic heterocycles. The first-order valence-corrected chi connectivity index (χ1v) is 4.46. The Hall–Kier alpha value is -0.200. The van der Waals surface area contributed by atoms with Crippen LogP contribution >= 0.6 is 0 Å². The Morgan fingerprint density at radius 1 is 1.15 bits per heavy atom. The zero-order chi connectivity index (χ0) is 10.6. The van der Waals surface area contributed by atoms with E-state index >= 15 is 0 Å². The van der Waals surface area contributed by atoms with Crippen molar-refractivity contribution in [1.29, 1.82) is 0 Å². The molecule has 5 nitrogen and oxygen atoms in total. The zero-order valence-corrected chi connectivity index (χ0v) is 9.12. The van der Waals surface area contributed by atoms with Gasteiger partial charge in [0.2, 0.25) is 0 Å². The first-order valence-electron chi connectivity index (χ1n) is 4.46. The van der Waals surface area contributed by atoms with Crippen LogP contribution in [-0.2, 0) is 0 Å². The van der Waals surface area contributed by atoms with Crippen LogP contribution in [0.25, 0.3) is 0 Å². The van der Waals surface area contributed by atoms with E-state index in [1.165, 1.54) is 0 Å². The third kappa shape index (κ3) is 2.62. The maximum absolute atomic E-state index is 6.18. The maximum Gasteiger partial charge on any atom is 0.140 e. The minimum absolute atomic E-state index is 0.150. The fourth-order valence-electron chi connectivity index (χ4n) is 1.46. The van der Waals surface area contributed by atoms with Gasteiger partial charge in [-0.05, 0) is 41.2 Å². The van der Waals surface area contributed by atoms with Gasteiger partial charge in [0.05, 0.1) is 6.04 Å². The molecule has 0 saturated carbocycles. The van der Waals surface area contributed by atoms with Crippen molar-refractivity contribution in [3.63, 3.8) is 0 Å². The van der Waals surface area contributed by atoms with Gasteiger partial charge in [-0.2, -0.15) is 0 Å². The molecule has 0 spiro atoms. The van der Waals surface area contributed by atoms with Crippen LogP contribution in [0.4, 0.5) is 0 Å². The van der Waals surface area contributed by atoms with Crippen molar-refractivity contribution in [2.75, 3.05) is 34.7 Å². The molecule has 0 saturated heterocycles. The van der Waals surface area contributed by atoms with Crippen LogP contribution in [-0.4, -0.2) is 56.4 Å². The molecular formula is C8H23N5. The summed E-state index contributed by atoms with van der Waals surface area (Å²) in [5, 5.41) is 0. The van der Waals surface area contributed by atoms with E-state index in [2.05, 4.69) is 0 Å². The number of nitrogens with two attached hydrogens (primary N) is 3. The first kappa shape index (κ1) is 12.8. The number of hydrogen-bond acceptors (Lipinski definition) is 5. The van der Waals surface area contributed by atoms with Gasteiger partial charge < -0.3 is 11.5 Å². The molecule has 0 aliphatic rings. The fourth-order valence-corrected chi connectivity index (χ4v) is 1.46. The van der Waals surface area contributed by atoms with E-state index in [9.17, 15) is 0 Å². The normalized spacial score (nSPS) is 15.5. The Labute approximate surface area is 80.8 Å². The van der Waals surface area contributed by atoms with Crippen molar-refractivity contribution in [3.05, 3.63) is 0 Å². The van der Waals surface area contributed by atoms with Crippen molar-refractivity contribution >= 4 is 0 Å². The third-order valence-electron chi connectivity index (χ3n) is 2.46. The summed E-state index contributed by atoms with van der Waals surface area (Å²) >= 11 is 0. The summed E-state index contributed by atoms with van der Waals surface area (Å²) in [4.78, 5) is 3.82. The molecule has 0 bridgehead atoms. The quantitative estimate of drug-likeness (QED) is 0.454. The van der Waals surface area contributed by atoms with Gasteiger partial charge in [-0.15, -0.1) is 0 Å². The number of rotatable bonds is 5. The van der Waals surface area contributed by atoms with Gasteiger partial charge in [0.25, 0.3) is 0 Å². The van der Waals surface area contributed by atoms with Gasteiger partial charge in [0.15, 0.2) is 0 Å². The standard InChI is InChI=1S/C8H23N5/c1-12(2)8(11,13(3)4)7(10)5-6-9/h7H,5-6,9-11H2,1-4H3. The molecule has 0 heterocycles. The van der Waals surface area contributed by atoms with Crippen LogP contribution < -0.4 is 17.2 Å². The number of likely N-dealkylation sites (N-methyl/N-ethyl adjacent to an activating group) is 2. The average molecular weight is 189 g/mol. The van der Waals surface area contributed by atoms with Crippen LogP contribution in [0, 0.1) is 0 Å². The highest BCUT2D eigenvalue weighted by Crippen LogP contribution is 2.13. The van der Waals surface area contributed by atoms with E-state index in [0.717, 1.165) is 0 Å². The van der Waals surface area contributed by atoms with Gasteiger partial charge in [-0.25, -0.2) is 0 Å². The van der Waals surface area contributed by atoms with Crippen molar-refractivity contribution in [1.82, 2.24) is 9.80 Å². The minimum Gasteiger partial charge on any atom is -0.330 e. The van der Waals surface area contributed by atoms with Crippen molar-refractivity contribution < 1.29 is 0 Å². The number of nitrogens with zero attached hydrogens (tertiary/aromatic N) is 2. The van der Waals surface area contributed by atoms with Crippen LogP contribution in [0.2, 0.25) is 0 Å². The SMILES string of the molecule is CN(C)C(N)(C(N)CCN)N(C)C. The average Bonchev–Trinajstić information content (AvgIpc) is 2.02. The Bertz CT molecular complexity index is 137. The van der Waals surface area contributed by atoms with Gasteiger partial charge in [-0.1, -0.05) is 0 Å². The lowest BCUT2D eigenvalue weighted by atomic mass is 10.1. The summed E-state index contributed by atoms with van der Waals surface area (Å²) in [7, 11) is 7.65. The van der Waals surface area contributed by atoms with Gasteiger partial charge in [0, 0.05) is 0 Å². The van der Waals surface area contributed by atoms with Crippen molar-refractivity contribution in [2.45, 2.75) is 18.2 Å². The van der Waals surface area contributed by atoms with E-state index in [4.69, 9.17) is 17.2 Å². The van der Waals surface area contributed by atoms with Gasteiger partial charge >= 0.3 is 0 Å². The zero-order valence-electron chi connectivity index (χ0n) is 9.12. The van der Waals surface area contributed by atoms with Gasteiger partial charge in [0.1, 0.15) is 5.79 Å². The molecule has 80 valence electrons. The molecule has 5 heteroatoms. The van der Waals surface area contributed by atoms with Crippen molar-refractivity contribution in [2.24, 2.45) is 17.2 Å². The second kappa shape index (κ2) is 4.88. The van der Waals surface area contributed by atoms with Crippen LogP contribution in [0.5, 0.6) is 0 Å². The second-order valence-corrected chi connectivity index (χ2v) is 3.76. The Morgan fingerprint density at radius 3 is 1.77 bits per heavy atom. The first-order chi connectivity index (χ1) is 5.87. The molecule has 0 amide bonds. The fraction of sp³-hybridized carbons (Fsp3) is 1.00. The summed E-state index contributed by atoms with van der Waals surface area (Å²) in [6.07, 6.45) is 0.715. The lowest BCUT2D eigenvalue weighted by molar-refractivity contribution is -0.0159. The molecule has 0 rings (SSSR count). The summed E-state index contributed by atoms with van der Waals surface area (Å²) in [5.74, 6) is -0.626. The Balaban J connectivity index is 4.58. The molecule has 6 N–H and O–H groups in total. The molecule has 0 aromatic rings. The molecule has 1 atom stereocenters. The molecular weight excluding hydrogens is 166 g/mol. The van der Waals surface area contributed by atoms with E-state index in [-0.39, 0.29) is 6.04 Å². The lowest BCUT2D eigenvalue weighted by Crippen LogP contribution is -2.71. The van der Waals surface area contributed by atoms with Gasteiger partial charge in [-0.3, -0.25) is 15.5 Å². The highest BCUT2D eigenvalue weighted by Gasteiger charge is 2.36. The molecule has 1 unspecified atom stereocenters. The minimum atomic E-state index is -0.626. The highest BCUT2D eigenvalue weighted by atomic mass is 15.5. The van der Waals surface area contributed by atoms with Crippen LogP contribution in [0.3, 0.4) is 0 Å². The maximum atomic E-state index is 6.18. The highest BCUT2D eigenvalue weighted by molar-refractivity contribution is 4.89. The second-order valence-electron chi connectivity index (χ2n) is 3.76. The van der Waals surface area contributed by atoms with E-state index < -0.39 is 5.79 Å². The molecule has 0 fully saturated rings. The number of hydrogen-bond donors (Lipinski definition) is 3. The van der Waals surface area contributed by atoms with E-state index in [1.807, 2.05) is 38.0 Å². The lowest BCUT2D eigenvalue weighted by Gasteiger charge is -2.45. The van der Waals surface area contributed by atoms with Crippen LogP contribution in [0.1, 0.15) is 6.42 Å². The summed E-state index contributed by atoms with van der Waals surface area (Å²) in [5.41, 5.74) is 17.6. The molecule has 0 radical (unpaired) electrons. The summed E-state index contributed by atoms with van der Waals surface area (Å²) in [6, 6.07) is -0.150. The predicted octanol–water partition coefficient (Wildman–Crippen LogP) is -1.60. The summed E-state index contributed by atoms with van der Waals surface area (Å²) in [6.45, 7) is 0.557. The molecule has 0 aromatic carbocycles. The molecule has 13 heavy (non-hydrogen) atoms. The third-order valence-corrected chi connectivity index (χ3v) is 2.46. The van der Waals surface area contributed by atoms with Crippen LogP contribution in [0.15, 0.2) is 0 Å². The molecule has 0 aromatic heterocycles. The van der Waals surface area contributed by atoms with Crippen molar-refractivity contribution in [3.8, 4) is 0 Å². The molecule has 0 aliphatic carbocycles. The summed E-state index contributed by atoms with van der Waals surface area (Å²) < 4.78 is 0. The smallest absolute Gasteiger partial charge is 0.140 e. The predicted molar refractivity (Wildman–Crippen MR) is 55.9 cm³/mol.